The smallest absolute Gasteiger partial charge is 0.0947 e. The van der Waals surface area contributed by atoms with Crippen LogP contribution in [0.1, 0.15) is 24.0 Å². The van der Waals surface area contributed by atoms with Crippen molar-refractivity contribution in [2.75, 3.05) is 5.32 Å². The van der Waals surface area contributed by atoms with Gasteiger partial charge in [0.2, 0.25) is 0 Å². The monoisotopic (exact) mass is 586 g/mol. The van der Waals surface area contributed by atoms with Crippen LogP contribution in [-0.2, 0) is 6.54 Å². The van der Waals surface area contributed by atoms with E-state index in [0.29, 0.717) is 25.1 Å². The zero-order chi connectivity index (χ0) is 30.0. The lowest BCUT2D eigenvalue weighted by Gasteiger charge is -2.17. The van der Waals surface area contributed by atoms with E-state index in [-0.39, 0.29) is 0 Å². The lowest BCUT2D eigenvalue weighted by Crippen LogP contribution is -2.10. The molecular weight excluding hydrogens is 557 g/mol. The van der Waals surface area contributed by atoms with E-state index >= 15 is 0 Å². The van der Waals surface area contributed by atoms with Crippen molar-refractivity contribution in [3.63, 3.8) is 0 Å². The van der Waals surface area contributed by atoms with Gasteiger partial charge >= 0.3 is 0 Å². The van der Waals surface area contributed by atoms with Crippen LogP contribution >= 0.6 is 12.6 Å². The number of allylic oxidation sites excluding steroid dienone is 4. The summed E-state index contributed by atoms with van der Waals surface area (Å²) in [5.41, 5.74) is 10.8. The molecule has 0 amide bonds. The number of fused-ring (bicyclic) bond motifs is 3. The second-order valence-corrected chi connectivity index (χ2v) is 11.5. The molecule has 1 aliphatic rings. The van der Waals surface area contributed by atoms with E-state index in [0.717, 1.165) is 60.7 Å². The molecule has 0 unspecified atom stereocenters. The number of hydrogen-bond donors (Lipinski definition) is 3. The molecule has 5 aromatic carbocycles. The number of nitriles is 1. The number of anilines is 1. The van der Waals surface area contributed by atoms with E-state index in [1.54, 1.807) is 0 Å². The van der Waals surface area contributed by atoms with Crippen molar-refractivity contribution < 1.29 is 0 Å². The Morgan fingerprint density at radius 3 is 2.32 bits per heavy atom. The number of hydrogen-bond acceptors (Lipinski definition) is 4. The molecule has 6 aromatic rings. The Balaban J connectivity index is 1.19. The minimum Gasteiger partial charge on any atom is -0.380 e. The summed E-state index contributed by atoms with van der Waals surface area (Å²) in [6.45, 7) is 0.635. The minimum absolute atomic E-state index is 0.502. The molecule has 212 valence electrons. The third-order valence-corrected chi connectivity index (χ3v) is 8.73. The standard InChI is InChI=1S/C39H30N4S/c40-24-26-14-18-29(19-15-26)39(41)32-11-4-6-12-35(32)42-25-27-16-20-30(21-17-27)43-36-13-7-5-10-31(36)34-23-38(44)33(22-37(34)43)28-8-2-1-3-9-28/h1-14,16-18,20-23,41-42,44H,15,19,25H2. The highest BCUT2D eigenvalue weighted by molar-refractivity contribution is 7.80. The summed E-state index contributed by atoms with van der Waals surface area (Å²) in [6.07, 6.45) is 5.14. The van der Waals surface area contributed by atoms with Gasteiger partial charge in [0.15, 0.2) is 0 Å². The Morgan fingerprint density at radius 2 is 1.55 bits per heavy atom. The zero-order valence-corrected chi connectivity index (χ0v) is 25.0. The number of nitrogens with one attached hydrogen (secondary N) is 2. The molecule has 1 aliphatic carbocycles. The van der Waals surface area contributed by atoms with Crippen molar-refractivity contribution in [1.82, 2.24) is 4.57 Å². The summed E-state index contributed by atoms with van der Waals surface area (Å²) >= 11 is 4.88. The molecule has 0 saturated carbocycles. The summed E-state index contributed by atoms with van der Waals surface area (Å²) in [7, 11) is 0. The fourth-order valence-corrected chi connectivity index (χ4v) is 6.38. The van der Waals surface area contributed by atoms with Crippen LogP contribution in [-0.4, -0.2) is 10.3 Å². The third-order valence-electron chi connectivity index (χ3n) is 8.36. The molecule has 0 spiro atoms. The van der Waals surface area contributed by atoms with Crippen LogP contribution in [0, 0.1) is 16.7 Å². The SMILES string of the molecule is N#CC1=CC=C(C(=N)c2ccccc2NCc2ccc(-n3c4ccccc4c4cc(S)c(-c5ccccc5)cc43)cc2)CC1. The van der Waals surface area contributed by atoms with Gasteiger partial charge in [0.25, 0.3) is 0 Å². The minimum atomic E-state index is 0.502. The first-order chi connectivity index (χ1) is 21.6. The second-order valence-electron chi connectivity index (χ2n) is 11.0. The molecule has 7 rings (SSSR count). The second kappa shape index (κ2) is 11.8. The highest BCUT2D eigenvalue weighted by atomic mass is 32.1. The van der Waals surface area contributed by atoms with E-state index in [4.69, 9.17) is 23.3 Å². The first kappa shape index (κ1) is 27.5. The topological polar surface area (TPSA) is 64.6 Å². The van der Waals surface area contributed by atoms with E-state index in [1.807, 2.05) is 42.5 Å². The van der Waals surface area contributed by atoms with Crippen LogP contribution < -0.4 is 5.32 Å². The lowest BCUT2D eigenvalue weighted by molar-refractivity contribution is 0.964. The predicted octanol–water partition coefficient (Wildman–Crippen LogP) is 9.89. The van der Waals surface area contributed by atoms with Crippen molar-refractivity contribution in [3.8, 4) is 22.9 Å². The number of benzene rings is 5. The van der Waals surface area contributed by atoms with Crippen LogP contribution in [0.5, 0.6) is 0 Å². The number of rotatable bonds is 7. The normalized spacial score (nSPS) is 12.9. The molecule has 0 fully saturated rings. The molecule has 4 nitrogen and oxygen atoms in total. The Labute approximate surface area is 262 Å². The molecule has 5 heteroatoms. The summed E-state index contributed by atoms with van der Waals surface area (Å²) in [5.74, 6) is 0. The maximum absolute atomic E-state index is 9.17. The van der Waals surface area contributed by atoms with Gasteiger partial charge in [0.1, 0.15) is 0 Å². The van der Waals surface area contributed by atoms with Gasteiger partial charge in [0.05, 0.1) is 22.8 Å². The fourth-order valence-electron chi connectivity index (χ4n) is 6.06. The average Bonchev–Trinajstić information content (AvgIpc) is 3.40. The van der Waals surface area contributed by atoms with Gasteiger partial charge < -0.3 is 9.88 Å². The van der Waals surface area contributed by atoms with Crippen LogP contribution in [0.15, 0.2) is 143 Å². The van der Waals surface area contributed by atoms with Gasteiger partial charge in [-0.3, -0.25) is 5.41 Å². The fraction of sp³-hybridized carbons (Fsp3) is 0.0769. The molecule has 2 N–H and O–H groups in total. The average molecular weight is 587 g/mol. The molecule has 0 saturated heterocycles. The summed E-state index contributed by atoms with van der Waals surface area (Å²) in [5, 5.41) is 24.0. The first-order valence-electron chi connectivity index (χ1n) is 14.7. The van der Waals surface area contributed by atoms with Gasteiger partial charge in [-0.15, -0.1) is 12.6 Å². The Kier molecular flexibility index (Phi) is 7.35. The van der Waals surface area contributed by atoms with Crippen LogP contribution in [0.25, 0.3) is 38.6 Å². The predicted molar refractivity (Wildman–Crippen MR) is 185 cm³/mol. The number of nitrogens with zero attached hydrogens (tertiary/aromatic N) is 2. The Morgan fingerprint density at radius 1 is 0.795 bits per heavy atom. The molecule has 0 bridgehead atoms. The van der Waals surface area contributed by atoms with Gasteiger partial charge in [-0.2, -0.15) is 5.26 Å². The lowest BCUT2D eigenvalue weighted by atomic mass is 9.92. The quantitative estimate of drug-likeness (QED) is 0.129. The molecule has 1 heterocycles. The Hall–Kier alpha value is -5.31. The van der Waals surface area contributed by atoms with Crippen molar-refractivity contribution in [2.45, 2.75) is 24.3 Å². The van der Waals surface area contributed by atoms with Crippen molar-refractivity contribution in [3.05, 3.63) is 150 Å². The van der Waals surface area contributed by atoms with E-state index in [9.17, 15) is 0 Å². The van der Waals surface area contributed by atoms with Gasteiger partial charge in [-0.05, 0) is 77.6 Å². The maximum Gasteiger partial charge on any atom is 0.0947 e. The van der Waals surface area contributed by atoms with Gasteiger partial charge in [0, 0.05) is 44.7 Å². The van der Waals surface area contributed by atoms with Crippen molar-refractivity contribution >= 4 is 45.8 Å². The van der Waals surface area contributed by atoms with E-state index in [2.05, 4.69) is 101 Å². The van der Waals surface area contributed by atoms with Gasteiger partial charge in [-0.25, -0.2) is 0 Å². The molecule has 0 atom stereocenters. The summed E-state index contributed by atoms with van der Waals surface area (Å²) < 4.78 is 2.34. The summed E-state index contributed by atoms with van der Waals surface area (Å²) in [6, 6.07) is 42.3. The molecule has 0 aliphatic heterocycles. The molecule has 1 aromatic heterocycles. The summed E-state index contributed by atoms with van der Waals surface area (Å²) in [4.78, 5) is 0.963. The largest absolute Gasteiger partial charge is 0.380 e. The van der Waals surface area contributed by atoms with Crippen LogP contribution in [0.4, 0.5) is 5.69 Å². The third kappa shape index (κ3) is 5.10. The Bertz CT molecular complexity index is 2150. The number of para-hydroxylation sites is 2. The highest BCUT2D eigenvalue weighted by Gasteiger charge is 2.17. The van der Waals surface area contributed by atoms with Crippen LogP contribution in [0.3, 0.4) is 0 Å². The number of thiol groups is 1. The first-order valence-corrected chi connectivity index (χ1v) is 15.2. The molecular formula is C39H30N4S. The maximum atomic E-state index is 9.17. The van der Waals surface area contributed by atoms with E-state index < -0.39 is 0 Å². The van der Waals surface area contributed by atoms with Gasteiger partial charge in [-0.1, -0.05) is 84.9 Å². The van der Waals surface area contributed by atoms with Crippen molar-refractivity contribution in [2.24, 2.45) is 0 Å². The van der Waals surface area contributed by atoms with Crippen LogP contribution in [0.2, 0.25) is 0 Å². The molecule has 0 radical (unpaired) electrons. The number of aromatic nitrogens is 1. The van der Waals surface area contributed by atoms with E-state index in [1.165, 1.54) is 10.8 Å². The molecule has 44 heavy (non-hydrogen) atoms. The van der Waals surface area contributed by atoms with Crippen molar-refractivity contribution in [1.29, 1.82) is 10.7 Å². The zero-order valence-electron chi connectivity index (χ0n) is 24.1. The highest BCUT2D eigenvalue weighted by Crippen LogP contribution is 2.38.